The molecule has 1 unspecified atom stereocenters. The van der Waals surface area contributed by atoms with Crippen LogP contribution in [0.2, 0.25) is 0 Å². The van der Waals surface area contributed by atoms with Gasteiger partial charge in [0.25, 0.3) is 5.24 Å². The number of amides is 2. The Kier molecular flexibility index (Phi) is 3.62. The third-order valence-electron chi connectivity index (χ3n) is 2.60. The number of thioether (sulfide) groups is 1. The number of hydrogen-bond acceptors (Lipinski definition) is 4. The summed E-state index contributed by atoms with van der Waals surface area (Å²) < 4.78 is 0. The van der Waals surface area contributed by atoms with Gasteiger partial charge in [0, 0.05) is 12.8 Å². The number of rotatable bonds is 3. The second-order valence-corrected chi connectivity index (χ2v) is 5.16. The third-order valence-corrected chi connectivity index (χ3v) is 3.48. The molecule has 1 rings (SSSR count). The van der Waals surface area contributed by atoms with Crippen molar-refractivity contribution in [3.05, 3.63) is 0 Å². The van der Waals surface area contributed by atoms with E-state index in [0.717, 1.165) is 11.8 Å². The van der Waals surface area contributed by atoms with E-state index in [2.05, 4.69) is 5.32 Å². The molecule has 2 amide bonds. The zero-order chi connectivity index (χ0) is 11.6. The molecule has 1 atom stereocenters. The molecule has 2 N–H and O–H groups in total. The zero-order valence-electron chi connectivity index (χ0n) is 9.11. The molecule has 0 aromatic rings. The van der Waals surface area contributed by atoms with Crippen LogP contribution in [0.3, 0.4) is 0 Å². The van der Waals surface area contributed by atoms with Crippen molar-refractivity contribution < 1.29 is 14.7 Å². The SMILES string of the molecule is CN(C(=O)C1CSC(=O)N1)C(C)(C)CO. The van der Waals surface area contributed by atoms with Crippen LogP contribution < -0.4 is 5.32 Å². The molecule has 86 valence electrons. The number of aliphatic hydroxyl groups is 1. The Bertz CT molecular complexity index is 281. The average Bonchev–Trinajstić information content (AvgIpc) is 2.62. The maximum absolute atomic E-state index is 11.9. The zero-order valence-corrected chi connectivity index (χ0v) is 9.93. The van der Waals surface area contributed by atoms with Crippen LogP contribution in [0, 0.1) is 0 Å². The Morgan fingerprint density at radius 1 is 1.73 bits per heavy atom. The van der Waals surface area contributed by atoms with Gasteiger partial charge < -0.3 is 15.3 Å². The lowest BCUT2D eigenvalue weighted by atomic mass is 10.0. The van der Waals surface area contributed by atoms with Crippen LogP contribution >= 0.6 is 11.8 Å². The van der Waals surface area contributed by atoms with Crippen molar-refractivity contribution >= 4 is 22.9 Å². The highest BCUT2D eigenvalue weighted by molar-refractivity contribution is 8.14. The lowest BCUT2D eigenvalue weighted by Crippen LogP contribution is -2.54. The highest BCUT2D eigenvalue weighted by Crippen LogP contribution is 2.18. The molecule has 1 saturated heterocycles. The van der Waals surface area contributed by atoms with Gasteiger partial charge in [0.2, 0.25) is 5.91 Å². The van der Waals surface area contributed by atoms with Gasteiger partial charge in [-0.15, -0.1) is 0 Å². The van der Waals surface area contributed by atoms with Gasteiger partial charge in [0.1, 0.15) is 6.04 Å². The molecule has 1 fully saturated rings. The molecular formula is C9H16N2O3S. The van der Waals surface area contributed by atoms with E-state index in [9.17, 15) is 9.59 Å². The molecule has 0 bridgehead atoms. The second-order valence-electron chi connectivity index (χ2n) is 4.16. The highest BCUT2D eigenvalue weighted by Gasteiger charge is 2.35. The van der Waals surface area contributed by atoms with Gasteiger partial charge in [-0.2, -0.15) is 0 Å². The fourth-order valence-electron chi connectivity index (χ4n) is 1.16. The van der Waals surface area contributed by atoms with E-state index in [-0.39, 0.29) is 17.8 Å². The first-order valence-corrected chi connectivity index (χ1v) is 5.69. The monoisotopic (exact) mass is 232 g/mol. The summed E-state index contributed by atoms with van der Waals surface area (Å²) in [6.07, 6.45) is 0. The summed E-state index contributed by atoms with van der Waals surface area (Å²) in [4.78, 5) is 24.3. The van der Waals surface area contributed by atoms with E-state index in [1.54, 1.807) is 20.9 Å². The van der Waals surface area contributed by atoms with Crippen molar-refractivity contribution in [3.8, 4) is 0 Å². The lowest BCUT2D eigenvalue weighted by molar-refractivity contribution is -0.137. The molecule has 0 aromatic carbocycles. The molecule has 1 aliphatic heterocycles. The molecule has 1 heterocycles. The summed E-state index contributed by atoms with van der Waals surface area (Å²) in [7, 11) is 1.63. The number of nitrogens with zero attached hydrogens (tertiary/aromatic N) is 1. The van der Waals surface area contributed by atoms with Crippen molar-refractivity contribution in [2.75, 3.05) is 19.4 Å². The summed E-state index contributed by atoms with van der Waals surface area (Å²) >= 11 is 1.11. The molecular weight excluding hydrogens is 216 g/mol. The predicted octanol–water partition coefficient (Wildman–Crippen LogP) is 0.0407. The van der Waals surface area contributed by atoms with Gasteiger partial charge in [-0.25, -0.2) is 0 Å². The number of hydrogen-bond donors (Lipinski definition) is 2. The maximum Gasteiger partial charge on any atom is 0.279 e. The van der Waals surface area contributed by atoms with E-state index in [0.29, 0.717) is 5.75 Å². The second kappa shape index (κ2) is 4.40. The van der Waals surface area contributed by atoms with Gasteiger partial charge in [-0.3, -0.25) is 9.59 Å². The van der Waals surface area contributed by atoms with Crippen LogP contribution in [0.15, 0.2) is 0 Å². The Morgan fingerprint density at radius 3 is 2.73 bits per heavy atom. The number of likely N-dealkylation sites (N-methyl/N-ethyl adjacent to an activating group) is 1. The minimum Gasteiger partial charge on any atom is -0.394 e. The molecule has 0 aromatic heterocycles. The van der Waals surface area contributed by atoms with Gasteiger partial charge in [-0.1, -0.05) is 11.8 Å². The largest absolute Gasteiger partial charge is 0.394 e. The Morgan fingerprint density at radius 2 is 2.33 bits per heavy atom. The molecule has 1 aliphatic rings. The molecule has 5 nitrogen and oxygen atoms in total. The lowest BCUT2D eigenvalue weighted by Gasteiger charge is -2.35. The topological polar surface area (TPSA) is 69.6 Å². The van der Waals surface area contributed by atoms with Gasteiger partial charge >= 0.3 is 0 Å². The maximum atomic E-state index is 11.9. The van der Waals surface area contributed by atoms with E-state index >= 15 is 0 Å². The number of aliphatic hydroxyl groups excluding tert-OH is 1. The molecule has 15 heavy (non-hydrogen) atoms. The van der Waals surface area contributed by atoms with Gasteiger partial charge in [0.05, 0.1) is 12.1 Å². The minimum absolute atomic E-state index is 0.108. The molecule has 0 saturated carbocycles. The average molecular weight is 232 g/mol. The van der Waals surface area contributed by atoms with Gasteiger partial charge in [0.15, 0.2) is 0 Å². The summed E-state index contributed by atoms with van der Waals surface area (Å²) in [6, 6.07) is -0.460. The quantitative estimate of drug-likeness (QED) is 0.721. The van der Waals surface area contributed by atoms with E-state index in [1.807, 2.05) is 0 Å². The van der Waals surface area contributed by atoms with Crippen molar-refractivity contribution in [3.63, 3.8) is 0 Å². The number of nitrogens with one attached hydrogen (secondary N) is 1. The van der Waals surface area contributed by atoms with Crippen LogP contribution in [0.5, 0.6) is 0 Å². The Labute approximate surface area is 93.2 Å². The predicted molar refractivity (Wildman–Crippen MR) is 58.7 cm³/mol. The fraction of sp³-hybridized carbons (Fsp3) is 0.778. The van der Waals surface area contributed by atoms with Gasteiger partial charge in [-0.05, 0) is 13.8 Å². The van der Waals surface area contributed by atoms with Crippen molar-refractivity contribution in [2.45, 2.75) is 25.4 Å². The van der Waals surface area contributed by atoms with Crippen molar-refractivity contribution in [1.82, 2.24) is 10.2 Å². The highest BCUT2D eigenvalue weighted by atomic mass is 32.2. The minimum atomic E-state index is -0.602. The van der Waals surface area contributed by atoms with Crippen LogP contribution in [0.1, 0.15) is 13.8 Å². The smallest absolute Gasteiger partial charge is 0.279 e. The molecule has 0 spiro atoms. The summed E-state index contributed by atoms with van der Waals surface area (Å²) in [5.41, 5.74) is -0.602. The van der Waals surface area contributed by atoms with Crippen LogP contribution in [0.25, 0.3) is 0 Å². The van der Waals surface area contributed by atoms with E-state index in [4.69, 9.17) is 5.11 Å². The van der Waals surface area contributed by atoms with Crippen molar-refractivity contribution in [2.24, 2.45) is 0 Å². The first kappa shape index (κ1) is 12.3. The number of carbonyl (C=O) groups excluding carboxylic acids is 2. The van der Waals surface area contributed by atoms with E-state index < -0.39 is 11.6 Å². The normalized spacial score (nSPS) is 21.3. The van der Waals surface area contributed by atoms with Crippen LogP contribution in [0.4, 0.5) is 4.79 Å². The molecule has 0 aliphatic carbocycles. The summed E-state index contributed by atoms with van der Waals surface area (Å²) in [6.45, 7) is 3.44. The summed E-state index contributed by atoms with van der Waals surface area (Å²) in [5.74, 6) is 0.302. The summed E-state index contributed by atoms with van der Waals surface area (Å²) in [5, 5.41) is 11.5. The van der Waals surface area contributed by atoms with Crippen LogP contribution in [-0.2, 0) is 4.79 Å². The first-order valence-electron chi connectivity index (χ1n) is 4.70. The fourth-order valence-corrected chi connectivity index (χ4v) is 1.93. The molecule has 6 heteroatoms. The standard InChI is InChI=1S/C9H16N2O3S/c1-9(2,5-12)11(3)7(13)6-4-15-8(14)10-6/h6,12H,4-5H2,1-3H3,(H,10,14). The first-order chi connectivity index (χ1) is 6.88. The van der Waals surface area contributed by atoms with Crippen LogP contribution in [-0.4, -0.2) is 52.1 Å². The molecule has 0 radical (unpaired) electrons. The van der Waals surface area contributed by atoms with E-state index in [1.165, 1.54) is 4.90 Å². The Hall–Kier alpha value is -0.750. The Balaban J connectivity index is 2.64. The van der Waals surface area contributed by atoms with Crippen molar-refractivity contribution in [1.29, 1.82) is 0 Å². The number of carbonyl (C=O) groups is 2. The third kappa shape index (κ3) is 2.63.